The molecule has 0 atom stereocenters. The van der Waals surface area contributed by atoms with Crippen LogP contribution in [0.4, 0.5) is 0 Å². The molecule has 0 amide bonds. The summed E-state index contributed by atoms with van der Waals surface area (Å²) in [6.45, 7) is 2.50. The molecule has 3 rings (SSSR count). The summed E-state index contributed by atoms with van der Waals surface area (Å²) in [7, 11) is 1.41. The number of hydrogen-bond acceptors (Lipinski definition) is 3. The highest BCUT2D eigenvalue weighted by atomic mass is 16.5. The monoisotopic (exact) mass is 280 g/mol. The zero-order chi connectivity index (χ0) is 14.8. The average molecular weight is 280 g/mol. The largest absolute Gasteiger partial charge is 0.465 e. The van der Waals surface area contributed by atoms with Gasteiger partial charge in [-0.15, -0.1) is 0 Å². The zero-order valence-electron chi connectivity index (χ0n) is 12.0. The smallest absolute Gasteiger partial charge is 0.338 e. The summed E-state index contributed by atoms with van der Waals surface area (Å²) in [5, 5.41) is 4.31. The maximum Gasteiger partial charge on any atom is 0.338 e. The molecule has 0 fully saturated rings. The first kappa shape index (κ1) is 13.4. The van der Waals surface area contributed by atoms with Crippen LogP contribution >= 0.6 is 0 Å². The number of carbonyl (C=O) groups is 1. The second kappa shape index (κ2) is 5.40. The number of benzene rings is 1. The van der Waals surface area contributed by atoms with Crippen molar-refractivity contribution in [3.05, 3.63) is 65.0 Å². The normalized spacial score (nSPS) is 16.0. The van der Waals surface area contributed by atoms with Crippen LogP contribution in [-0.2, 0) is 16.1 Å². The number of esters is 1. The minimum atomic E-state index is -0.304. The summed E-state index contributed by atoms with van der Waals surface area (Å²) in [6, 6.07) is 11.9. The zero-order valence-corrected chi connectivity index (χ0v) is 12.0. The lowest BCUT2D eigenvalue weighted by Crippen LogP contribution is -2.20. The lowest BCUT2D eigenvalue weighted by Gasteiger charge is -2.21. The molecule has 0 aliphatic carbocycles. The van der Waals surface area contributed by atoms with Gasteiger partial charge in [0.2, 0.25) is 0 Å². The van der Waals surface area contributed by atoms with Gasteiger partial charge in [0.15, 0.2) is 0 Å². The summed E-state index contributed by atoms with van der Waals surface area (Å²) in [5.74, 6) is -0.304. The maximum absolute atomic E-state index is 12.2. The first-order valence-electron chi connectivity index (χ1n) is 6.78. The van der Waals surface area contributed by atoms with E-state index in [0.29, 0.717) is 12.1 Å². The quantitative estimate of drug-likeness (QED) is 0.794. The predicted octanol–water partition coefficient (Wildman–Crippen LogP) is 2.93. The minimum Gasteiger partial charge on any atom is -0.465 e. The minimum absolute atomic E-state index is 0.304. The van der Waals surface area contributed by atoms with Gasteiger partial charge in [-0.1, -0.05) is 30.3 Å². The van der Waals surface area contributed by atoms with Crippen LogP contribution in [0.15, 0.2) is 53.7 Å². The third-order valence-electron chi connectivity index (χ3n) is 3.65. The maximum atomic E-state index is 12.2. The van der Waals surface area contributed by atoms with E-state index in [1.54, 1.807) is 6.20 Å². The molecule has 0 saturated carbocycles. The van der Waals surface area contributed by atoms with Crippen LogP contribution in [0.5, 0.6) is 0 Å². The van der Waals surface area contributed by atoms with Crippen LogP contribution < -0.4 is 0 Å². The summed E-state index contributed by atoms with van der Waals surface area (Å²) in [4.78, 5) is 12.2. The van der Waals surface area contributed by atoms with Crippen molar-refractivity contribution >= 4 is 17.6 Å². The molecule has 21 heavy (non-hydrogen) atoms. The Morgan fingerprint density at radius 1 is 1.29 bits per heavy atom. The lowest BCUT2D eigenvalue weighted by molar-refractivity contribution is -0.135. The van der Waals surface area contributed by atoms with E-state index in [2.05, 4.69) is 5.10 Å². The van der Waals surface area contributed by atoms with Crippen molar-refractivity contribution in [1.82, 2.24) is 9.78 Å². The molecule has 1 aromatic heterocycles. The van der Waals surface area contributed by atoms with Gasteiger partial charge in [0.25, 0.3) is 0 Å². The van der Waals surface area contributed by atoms with E-state index in [4.69, 9.17) is 4.74 Å². The standard InChI is InChI=1S/C17H16N2O2/c1-12-15-8-9-18-19(15)11-14(16(12)17(20)21-2)10-13-6-4-3-5-7-13/h3-10H,11H2,1-2H3/b14-10-. The third kappa shape index (κ3) is 2.40. The van der Waals surface area contributed by atoms with Crippen molar-refractivity contribution in [3.8, 4) is 0 Å². The van der Waals surface area contributed by atoms with Crippen molar-refractivity contribution in [2.75, 3.05) is 7.11 Å². The van der Waals surface area contributed by atoms with Gasteiger partial charge in [-0.3, -0.25) is 4.68 Å². The Morgan fingerprint density at radius 3 is 2.76 bits per heavy atom. The number of carbonyl (C=O) groups excluding carboxylic acids is 1. The SMILES string of the molecule is COC(=O)C1=C(C)c2ccnn2C/C1=C/c1ccccc1. The van der Waals surface area contributed by atoms with Crippen LogP contribution in [0.2, 0.25) is 0 Å². The Kier molecular flexibility index (Phi) is 3.44. The van der Waals surface area contributed by atoms with Crippen molar-refractivity contribution in [2.45, 2.75) is 13.5 Å². The van der Waals surface area contributed by atoms with Crippen LogP contribution in [0.1, 0.15) is 18.2 Å². The molecule has 106 valence electrons. The molecule has 1 aliphatic heterocycles. The number of methoxy groups -OCH3 is 1. The van der Waals surface area contributed by atoms with Crippen molar-refractivity contribution < 1.29 is 9.53 Å². The van der Waals surface area contributed by atoms with Crippen LogP contribution in [0.25, 0.3) is 11.6 Å². The van der Waals surface area contributed by atoms with E-state index >= 15 is 0 Å². The predicted molar refractivity (Wildman–Crippen MR) is 81.3 cm³/mol. The molecule has 0 saturated heterocycles. The van der Waals surface area contributed by atoms with E-state index < -0.39 is 0 Å². The molecular formula is C17H16N2O2. The summed E-state index contributed by atoms with van der Waals surface area (Å²) < 4.78 is 6.85. The van der Waals surface area contributed by atoms with Gasteiger partial charge in [0, 0.05) is 6.20 Å². The van der Waals surface area contributed by atoms with Crippen LogP contribution in [0, 0.1) is 0 Å². The molecule has 4 nitrogen and oxygen atoms in total. The van der Waals surface area contributed by atoms with Crippen LogP contribution in [-0.4, -0.2) is 22.9 Å². The highest BCUT2D eigenvalue weighted by Gasteiger charge is 2.26. The molecule has 0 spiro atoms. The summed E-state index contributed by atoms with van der Waals surface area (Å²) in [5.41, 5.74) is 4.46. The molecule has 1 aliphatic rings. The van der Waals surface area contributed by atoms with Gasteiger partial charge in [-0.05, 0) is 35.8 Å². The second-order valence-electron chi connectivity index (χ2n) is 4.95. The Bertz CT molecular complexity index is 739. The molecule has 0 unspecified atom stereocenters. The van der Waals surface area contributed by atoms with Crippen molar-refractivity contribution in [2.24, 2.45) is 0 Å². The molecule has 0 N–H and O–H groups in total. The molecule has 2 aromatic rings. The highest BCUT2D eigenvalue weighted by Crippen LogP contribution is 2.31. The Balaban J connectivity index is 2.14. The summed E-state index contributed by atoms with van der Waals surface area (Å²) >= 11 is 0. The molecule has 0 bridgehead atoms. The van der Waals surface area contributed by atoms with Gasteiger partial charge >= 0.3 is 5.97 Å². The van der Waals surface area contributed by atoms with Gasteiger partial charge in [-0.2, -0.15) is 5.10 Å². The van der Waals surface area contributed by atoms with Crippen molar-refractivity contribution in [1.29, 1.82) is 0 Å². The fourth-order valence-electron chi connectivity index (χ4n) is 2.64. The van der Waals surface area contributed by atoms with Crippen molar-refractivity contribution in [3.63, 3.8) is 0 Å². The van der Waals surface area contributed by atoms with Gasteiger partial charge < -0.3 is 4.74 Å². The number of hydrogen-bond donors (Lipinski definition) is 0. The van der Waals surface area contributed by atoms with E-state index in [0.717, 1.165) is 22.4 Å². The molecule has 2 heterocycles. The number of aromatic nitrogens is 2. The van der Waals surface area contributed by atoms with Gasteiger partial charge in [-0.25, -0.2) is 4.79 Å². The number of allylic oxidation sites excluding steroid dienone is 1. The van der Waals surface area contributed by atoms with E-state index in [-0.39, 0.29) is 5.97 Å². The second-order valence-corrected chi connectivity index (χ2v) is 4.95. The number of fused-ring (bicyclic) bond motifs is 1. The number of ether oxygens (including phenoxy) is 1. The van der Waals surface area contributed by atoms with E-state index in [9.17, 15) is 4.79 Å². The average Bonchev–Trinajstić information content (AvgIpc) is 2.96. The number of rotatable bonds is 2. The lowest BCUT2D eigenvalue weighted by atomic mass is 9.93. The van der Waals surface area contributed by atoms with Gasteiger partial charge in [0.1, 0.15) is 0 Å². The van der Waals surface area contributed by atoms with E-state index in [1.165, 1.54) is 7.11 Å². The fourth-order valence-corrected chi connectivity index (χ4v) is 2.64. The van der Waals surface area contributed by atoms with E-state index in [1.807, 2.05) is 54.1 Å². The molecule has 1 aromatic carbocycles. The summed E-state index contributed by atoms with van der Waals surface area (Å²) in [6.07, 6.45) is 3.76. The topological polar surface area (TPSA) is 44.1 Å². The molecule has 4 heteroatoms. The first-order valence-corrected chi connectivity index (χ1v) is 6.78. The highest BCUT2D eigenvalue weighted by molar-refractivity contribution is 6.03. The molecule has 0 radical (unpaired) electrons. The Labute approximate surface area is 123 Å². The fraction of sp³-hybridized carbons (Fsp3) is 0.176. The third-order valence-corrected chi connectivity index (χ3v) is 3.65. The van der Waals surface area contributed by atoms with Gasteiger partial charge in [0.05, 0.1) is 24.9 Å². The van der Waals surface area contributed by atoms with Crippen LogP contribution in [0.3, 0.4) is 0 Å². The first-order chi connectivity index (χ1) is 10.2. The Morgan fingerprint density at radius 2 is 2.05 bits per heavy atom. The molecular weight excluding hydrogens is 264 g/mol. The number of nitrogens with zero attached hydrogens (tertiary/aromatic N) is 2. The Hall–Kier alpha value is -2.62.